The fraction of sp³-hybridized carbons (Fsp3) is 0.0698. The van der Waals surface area contributed by atoms with Gasteiger partial charge in [0.15, 0.2) is 0 Å². The van der Waals surface area contributed by atoms with Crippen LogP contribution in [0.5, 0.6) is 0 Å². The fourth-order valence-electron chi connectivity index (χ4n) is 7.29. The predicted molar refractivity (Wildman–Crippen MR) is 200 cm³/mol. The Morgan fingerprint density at radius 3 is 2.19 bits per heavy atom. The first-order chi connectivity index (χ1) is 23.3. The summed E-state index contributed by atoms with van der Waals surface area (Å²) in [7, 11) is 1.77. The number of benzene rings is 6. The van der Waals surface area contributed by atoms with Crippen LogP contribution in [0.3, 0.4) is 0 Å². The van der Waals surface area contributed by atoms with Gasteiger partial charge in [-0.05, 0) is 95.9 Å². The van der Waals surface area contributed by atoms with Crippen LogP contribution in [0.4, 0.5) is 28.4 Å². The number of anilines is 5. The lowest BCUT2D eigenvalue weighted by Gasteiger charge is -2.29. The lowest BCUT2D eigenvalue weighted by molar-refractivity contribution is 0.303. The maximum atomic E-state index is 5.82. The molecule has 1 atom stereocenters. The number of para-hydroxylation sites is 1. The number of rotatable bonds is 6. The van der Waals surface area contributed by atoms with Crippen LogP contribution in [-0.4, -0.2) is 13.2 Å². The monoisotopic (exact) mass is 624 g/mol. The van der Waals surface area contributed by atoms with Gasteiger partial charge in [0.2, 0.25) is 0 Å². The lowest BCUT2D eigenvalue weighted by atomic mass is 9.93. The molecule has 0 N–H and O–H groups in total. The van der Waals surface area contributed by atoms with E-state index in [0.717, 1.165) is 29.2 Å². The van der Waals surface area contributed by atoms with Gasteiger partial charge in [0.1, 0.15) is 5.76 Å². The molecule has 0 saturated heterocycles. The second kappa shape index (κ2) is 11.3. The Bertz CT molecular complexity index is 2320. The Labute approximate surface area is 278 Å². The van der Waals surface area contributed by atoms with Gasteiger partial charge in [0.25, 0.3) is 0 Å². The molecular weight excluding hydrogens is 593 g/mol. The van der Waals surface area contributed by atoms with Gasteiger partial charge in [0, 0.05) is 42.8 Å². The fourth-order valence-corrected chi connectivity index (χ4v) is 8.38. The highest BCUT2D eigenvalue weighted by Crippen LogP contribution is 2.54. The minimum atomic E-state index is 0.161. The molecule has 0 fully saturated rings. The van der Waals surface area contributed by atoms with Crippen molar-refractivity contribution in [1.29, 1.82) is 0 Å². The summed E-state index contributed by atoms with van der Waals surface area (Å²) in [5.41, 5.74) is 10.8. The molecule has 0 amide bonds. The van der Waals surface area contributed by atoms with Gasteiger partial charge in [-0.25, -0.2) is 0 Å². The van der Waals surface area contributed by atoms with Gasteiger partial charge in [0.05, 0.1) is 24.5 Å². The Morgan fingerprint density at radius 2 is 1.38 bits per heavy atom. The van der Waals surface area contributed by atoms with E-state index in [1.165, 1.54) is 53.8 Å². The summed E-state index contributed by atoms with van der Waals surface area (Å²) >= 11 is 1.85. The van der Waals surface area contributed by atoms with Gasteiger partial charge in [-0.3, -0.25) is 0 Å². The molecule has 2 aliphatic rings. The molecule has 1 aromatic heterocycles. The average Bonchev–Trinajstić information content (AvgIpc) is 3.68. The van der Waals surface area contributed by atoms with Gasteiger partial charge >= 0.3 is 0 Å². The molecule has 1 aliphatic heterocycles. The van der Waals surface area contributed by atoms with Crippen LogP contribution in [0.1, 0.15) is 12.0 Å². The summed E-state index contributed by atoms with van der Waals surface area (Å²) < 4.78 is 8.44. The number of fused-ring (bicyclic) bond motifs is 6. The van der Waals surface area contributed by atoms with Gasteiger partial charge in [-0.2, -0.15) is 0 Å². The zero-order valence-electron chi connectivity index (χ0n) is 26.0. The molecule has 1 aliphatic carbocycles. The summed E-state index contributed by atoms with van der Waals surface area (Å²) in [6.07, 6.45) is 5.32. The van der Waals surface area contributed by atoms with Crippen molar-refractivity contribution >= 4 is 65.5 Å². The van der Waals surface area contributed by atoms with Crippen LogP contribution in [0.15, 0.2) is 164 Å². The quantitative estimate of drug-likeness (QED) is 0.183. The van der Waals surface area contributed by atoms with Crippen molar-refractivity contribution in [3.8, 4) is 11.1 Å². The number of nitrogens with zero attached hydrogens (tertiary/aromatic N) is 2. The Kier molecular flexibility index (Phi) is 6.69. The van der Waals surface area contributed by atoms with E-state index in [2.05, 4.69) is 168 Å². The van der Waals surface area contributed by atoms with E-state index in [1.54, 1.807) is 7.11 Å². The highest BCUT2D eigenvalue weighted by molar-refractivity contribution is 7.25. The maximum absolute atomic E-state index is 5.82. The van der Waals surface area contributed by atoms with Crippen molar-refractivity contribution in [2.75, 3.05) is 16.9 Å². The third-order valence-corrected chi connectivity index (χ3v) is 10.6. The number of thiophene rings is 1. The zero-order chi connectivity index (χ0) is 31.3. The number of ether oxygens (including phenoxy) is 1. The average molecular weight is 625 g/mol. The summed E-state index contributed by atoms with van der Waals surface area (Å²) in [4.78, 5) is 4.94. The molecule has 1 unspecified atom stereocenters. The minimum Gasteiger partial charge on any atom is -0.497 e. The van der Waals surface area contributed by atoms with Gasteiger partial charge in [-0.15, -0.1) is 11.3 Å². The Hall–Kier alpha value is -5.58. The van der Waals surface area contributed by atoms with Crippen molar-refractivity contribution in [3.63, 3.8) is 0 Å². The van der Waals surface area contributed by atoms with Crippen LogP contribution in [-0.2, 0) is 4.74 Å². The van der Waals surface area contributed by atoms with E-state index in [-0.39, 0.29) is 6.04 Å². The Morgan fingerprint density at radius 1 is 0.660 bits per heavy atom. The van der Waals surface area contributed by atoms with Crippen molar-refractivity contribution in [2.45, 2.75) is 12.5 Å². The van der Waals surface area contributed by atoms with E-state index < -0.39 is 0 Å². The minimum absolute atomic E-state index is 0.161. The molecule has 226 valence electrons. The normalized spacial score (nSPS) is 15.3. The maximum Gasteiger partial charge on any atom is 0.115 e. The first-order valence-corrected chi connectivity index (χ1v) is 16.9. The zero-order valence-corrected chi connectivity index (χ0v) is 26.8. The molecule has 2 heterocycles. The van der Waals surface area contributed by atoms with Crippen molar-refractivity contribution in [3.05, 3.63) is 169 Å². The predicted octanol–water partition coefficient (Wildman–Crippen LogP) is 12.0. The molecule has 0 saturated carbocycles. The smallest absolute Gasteiger partial charge is 0.115 e. The standard InChI is InChI=1S/C43H32N2OS/c1-46-34-24-25-38-37(28-34)43-39(16-10-17-40(43)45(38)32-21-19-30(20-22-32)29-11-4-2-5-12-29)44(31-13-6-3-7-14-31)33-23-26-42-36(27-33)35-15-8-9-18-41(35)47-42/h2-24,26-28,38H,25H2,1H3. The third-order valence-electron chi connectivity index (χ3n) is 9.44. The van der Waals surface area contributed by atoms with Crippen LogP contribution in [0.2, 0.25) is 0 Å². The molecule has 9 rings (SSSR count). The molecule has 4 heteroatoms. The highest BCUT2D eigenvalue weighted by Gasteiger charge is 2.39. The van der Waals surface area contributed by atoms with Crippen LogP contribution in [0.25, 0.3) is 36.9 Å². The second-order valence-electron chi connectivity index (χ2n) is 12.1. The van der Waals surface area contributed by atoms with Gasteiger partial charge < -0.3 is 14.5 Å². The van der Waals surface area contributed by atoms with E-state index >= 15 is 0 Å². The van der Waals surface area contributed by atoms with E-state index in [1.807, 2.05) is 11.3 Å². The molecule has 6 aromatic carbocycles. The van der Waals surface area contributed by atoms with Gasteiger partial charge in [-0.1, -0.05) is 84.9 Å². The SMILES string of the molecule is COC1=CCC2C(=C1)c1c(N(c3ccccc3)c3ccc4sc5ccccc5c4c3)cccc1N2c1ccc(-c2ccccc2)cc1. The second-order valence-corrected chi connectivity index (χ2v) is 13.1. The number of hydrogen-bond donors (Lipinski definition) is 0. The first kappa shape index (κ1) is 27.7. The van der Waals surface area contributed by atoms with Crippen molar-refractivity contribution < 1.29 is 4.74 Å². The summed E-state index contributed by atoms with van der Waals surface area (Å²) in [6.45, 7) is 0. The Balaban J connectivity index is 1.24. The third kappa shape index (κ3) is 4.64. The van der Waals surface area contributed by atoms with E-state index in [9.17, 15) is 0 Å². The number of allylic oxidation sites excluding steroid dienone is 1. The summed E-state index contributed by atoms with van der Waals surface area (Å²) in [5.74, 6) is 0.913. The summed E-state index contributed by atoms with van der Waals surface area (Å²) in [5, 5.41) is 2.59. The molecular formula is C43H32N2OS. The molecule has 3 nitrogen and oxygen atoms in total. The van der Waals surface area contributed by atoms with E-state index in [0.29, 0.717) is 0 Å². The number of methoxy groups -OCH3 is 1. The molecule has 0 radical (unpaired) electrons. The van der Waals surface area contributed by atoms with Crippen LogP contribution < -0.4 is 9.80 Å². The molecule has 7 aromatic rings. The van der Waals surface area contributed by atoms with Crippen LogP contribution in [0, 0.1) is 0 Å². The molecule has 47 heavy (non-hydrogen) atoms. The topological polar surface area (TPSA) is 15.7 Å². The lowest BCUT2D eigenvalue weighted by Crippen LogP contribution is -2.27. The summed E-state index contributed by atoms with van der Waals surface area (Å²) in [6, 6.07) is 52.9. The van der Waals surface area contributed by atoms with Crippen molar-refractivity contribution in [2.24, 2.45) is 0 Å². The first-order valence-electron chi connectivity index (χ1n) is 16.1. The number of hydrogen-bond acceptors (Lipinski definition) is 4. The van der Waals surface area contributed by atoms with E-state index in [4.69, 9.17) is 4.74 Å². The van der Waals surface area contributed by atoms with Crippen molar-refractivity contribution in [1.82, 2.24) is 0 Å². The molecule has 0 spiro atoms. The molecule has 0 bridgehead atoms. The highest BCUT2D eigenvalue weighted by atomic mass is 32.1. The largest absolute Gasteiger partial charge is 0.497 e. The van der Waals surface area contributed by atoms with Crippen LogP contribution >= 0.6 is 11.3 Å².